The number of hydrogen-bond donors (Lipinski definition) is 1. The molecule has 1 aromatic rings. The summed E-state index contributed by atoms with van der Waals surface area (Å²) in [5.74, 6) is 0.837. The van der Waals surface area contributed by atoms with Crippen LogP contribution in [0.15, 0.2) is 24.3 Å². The predicted octanol–water partition coefficient (Wildman–Crippen LogP) is 2.47. The van der Waals surface area contributed by atoms with E-state index < -0.39 is 0 Å². The topological polar surface area (TPSA) is 44.8 Å². The molecule has 1 aliphatic heterocycles. The van der Waals surface area contributed by atoms with E-state index in [0.717, 1.165) is 50.0 Å². The number of nitrogens with one attached hydrogen (secondary N) is 1. The maximum Gasteiger partial charge on any atom is 0.317 e. The van der Waals surface area contributed by atoms with Crippen LogP contribution in [0.4, 0.5) is 4.79 Å². The summed E-state index contributed by atoms with van der Waals surface area (Å²) < 4.78 is 5.15. The van der Waals surface area contributed by atoms with E-state index in [9.17, 15) is 4.79 Å². The van der Waals surface area contributed by atoms with Crippen LogP contribution < -0.4 is 10.1 Å². The Morgan fingerprint density at radius 2 is 1.91 bits per heavy atom. The predicted molar refractivity (Wildman–Crippen MR) is 90.6 cm³/mol. The van der Waals surface area contributed by atoms with Gasteiger partial charge < -0.3 is 15.0 Å². The fourth-order valence-electron chi connectivity index (χ4n) is 3.29. The minimum atomic E-state index is 0.0521. The first-order valence-corrected chi connectivity index (χ1v) is 8.66. The quantitative estimate of drug-likeness (QED) is 0.928. The summed E-state index contributed by atoms with van der Waals surface area (Å²) in [7, 11) is 1.66. The number of amides is 2. The second-order valence-corrected chi connectivity index (χ2v) is 6.47. The van der Waals surface area contributed by atoms with Crippen molar-refractivity contribution in [3.8, 4) is 5.75 Å². The van der Waals surface area contributed by atoms with Crippen molar-refractivity contribution < 1.29 is 9.53 Å². The smallest absolute Gasteiger partial charge is 0.317 e. The Morgan fingerprint density at radius 1 is 1.13 bits per heavy atom. The highest BCUT2D eigenvalue weighted by Gasteiger charge is 2.27. The summed E-state index contributed by atoms with van der Waals surface area (Å²) in [6.07, 6.45) is 5.12. The van der Waals surface area contributed by atoms with E-state index in [-0.39, 0.29) is 6.03 Å². The largest absolute Gasteiger partial charge is 0.497 e. The third kappa shape index (κ3) is 4.16. The molecule has 1 saturated heterocycles. The van der Waals surface area contributed by atoms with Crippen molar-refractivity contribution in [3.05, 3.63) is 29.8 Å². The molecule has 0 aromatic heterocycles. The maximum absolute atomic E-state index is 12.4. The molecule has 0 radical (unpaired) electrons. The zero-order valence-corrected chi connectivity index (χ0v) is 14.0. The highest BCUT2D eigenvalue weighted by molar-refractivity contribution is 5.74. The van der Waals surface area contributed by atoms with Crippen LogP contribution in [0.25, 0.3) is 0 Å². The minimum Gasteiger partial charge on any atom is -0.497 e. The summed E-state index contributed by atoms with van der Waals surface area (Å²) in [4.78, 5) is 16.9. The van der Waals surface area contributed by atoms with Crippen LogP contribution in [0.5, 0.6) is 5.75 Å². The van der Waals surface area contributed by atoms with Gasteiger partial charge in [-0.3, -0.25) is 4.90 Å². The van der Waals surface area contributed by atoms with Gasteiger partial charge in [0.2, 0.25) is 0 Å². The van der Waals surface area contributed by atoms with Gasteiger partial charge in [0.1, 0.15) is 5.75 Å². The normalized spacial score (nSPS) is 19.8. The Balaban J connectivity index is 1.45. The van der Waals surface area contributed by atoms with Gasteiger partial charge in [0.25, 0.3) is 0 Å². The number of urea groups is 1. The fraction of sp³-hybridized carbons (Fsp3) is 0.611. The van der Waals surface area contributed by atoms with Gasteiger partial charge >= 0.3 is 6.03 Å². The first kappa shape index (κ1) is 16.1. The summed E-state index contributed by atoms with van der Waals surface area (Å²) in [5.41, 5.74) is 1.09. The highest BCUT2D eigenvalue weighted by atomic mass is 16.5. The lowest BCUT2D eigenvalue weighted by Crippen LogP contribution is -2.44. The SMILES string of the molecule is COc1ccc(CNC(=O)N2CCCN(C3CCC3)CC2)cc1. The molecule has 1 saturated carbocycles. The Hall–Kier alpha value is -1.75. The van der Waals surface area contributed by atoms with Gasteiger partial charge in [-0.05, 0) is 37.0 Å². The average molecular weight is 317 g/mol. The molecule has 1 aromatic carbocycles. The Labute approximate surface area is 138 Å². The molecule has 0 bridgehead atoms. The number of methoxy groups -OCH3 is 1. The van der Waals surface area contributed by atoms with Crippen molar-refractivity contribution in [2.24, 2.45) is 0 Å². The Bertz CT molecular complexity index is 514. The third-order valence-electron chi connectivity index (χ3n) is 5.01. The van der Waals surface area contributed by atoms with Crippen LogP contribution in [-0.2, 0) is 6.54 Å². The molecule has 23 heavy (non-hydrogen) atoms. The number of hydrogen-bond acceptors (Lipinski definition) is 3. The zero-order chi connectivity index (χ0) is 16.1. The first-order valence-electron chi connectivity index (χ1n) is 8.66. The molecular formula is C18H27N3O2. The molecule has 5 nitrogen and oxygen atoms in total. The Kier molecular flexibility index (Phi) is 5.39. The van der Waals surface area contributed by atoms with E-state index in [1.165, 1.54) is 19.3 Å². The third-order valence-corrected chi connectivity index (χ3v) is 5.01. The van der Waals surface area contributed by atoms with Crippen molar-refractivity contribution in [1.82, 2.24) is 15.1 Å². The van der Waals surface area contributed by atoms with Gasteiger partial charge in [-0.1, -0.05) is 18.6 Å². The molecule has 1 aliphatic carbocycles. The van der Waals surface area contributed by atoms with Crippen molar-refractivity contribution in [2.45, 2.75) is 38.3 Å². The molecule has 2 amide bonds. The van der Waals surface area contributed by atoms with Gasteiger partial charge in [0.15, 0.2) is 0 Å². The van der Waals surface area contributed by atoms with Crippen molar-refractivity contribution >= 4 is 6.03 Å². The van der Waals surface area contributed by atoms with E-state index in [4.69, 9.17) is 4.74 Å². The second-order valence-electron chi connectivity index (χ2n) is 6.47. The number of nitrogens with zero attached hydrogens (tertiary/aromatic N) is 2. The Morgan fingerprint density at radius 3 is 2.57 bits per heavy atom. The summed E-state index contributed by atoms with van der Waals surface area (Å²) in [5, 5.41) is 3.03. The van der Waals surface area contributed by atoms with Gasteiger partial charge in [-0.25, -0.2) is 4.79 Å². The van der Waals surface area contributed by atoms with Gasteiger partial charge in [-0.15, -0.1) is 0 Å². The van der Waals surface area contributed by atoms with Crippen LogP contribution in [-0.4, -0.2) is 55.2 Å². The van der Waals surface area contributed by atoms with Gasteiger partial charge in [0.05, 0.1) is 7.11 Å². The van der Waals surface area contributed by atoms with E-state index in [1.54, 1.807) is 7.11 Å². The second kappa shape index (κ2) is 7.68. The summed E-state index contributed by atoms with van der Waals surface area (Å²) >= 11 is 0. The van der Waals surface area contributed by atoms with Crippen LogP contribution in [0.3, 0.4) is 0 Å². The van der Waals surface area contributed by atoms with Crippen LogP contribution in [0.1, 0.15) is 31.2 Å². The van der Waals surface area contributed by atoms with Crippen LogP contribution in [0, 0.1) is 0 Å². The molecule has 0 spiro atoms. The number of carbonyl (C=O) groups is 1. The summed E-state index contributed by atoms with van der Waals surface area (Å²) in [6, 6.07) is 8.64. The van der Waals surface area contributed by atoms with E-state index in [0.29, 0.717) is 6.54 Å². The minimum absolute atomic E-state index is 0.0521. The van der Waals surface area contributed by atoms with Gasteiger partial charge in [0, 0.05) is 38.8 Å². The molecule has 2 aliphatic rings. The van der Waals surface area contributed by atoms with Crippen LogP contribution in [0.2, 0.25) is 0 Å². The fourth-order valence-corrected chi connectivity index (χ4v) is 3.29. The van der Waals surface area contributed by atoms with E-state index >= 15 is 0 Å². The molecule has 0 atom stereocenters. The van der Waals surface area contributed by atoms with E-state index in [2.05, 4.69) is 10.2 Å². The maximum atomic E-state index is 12.4. The standard InChI is InChI=1S/C18H27N3O2/c1-23-17-8-6-15(7-9-17)14-19-18(22)21-11-3-10-20(12-13-21)16-4-2-5-16/h6-9,16H,2-5,10-14H2,1H3,(H,19,22). The van der Waals surface area contributed by atoms with Crippen molar-refractivity contribution in [3.63, 3.8) is 0 Å². The van der Waals surface area contributed by atoms with Crippen molar-refractivity contribution in [2.75, 3.05) is 33.3 Å². The number of carbonyl (C=O) groups excluding carboxylic acids is 1. The zero-order valence-electron chi connectivity index (χ0n) is 14.0. The van der Waals surface area contributed by atoms with Crippen LogP contribution >= 0.6 is 0 Å². The summed E-state index contributed by atoms with van der Waals surface area (Å²) in [6.45, 7) is 4.40. The lowest BCUT2D eigenvalue weighted by atomic mass is 9.91. The molecule has 0 unspecified atom stereocenters. The average Bonchev–Trinajstić information content (AvgIpc) is 2.77. The van der Waals surface area contributed by atoms with Gasteiger partial charge in [-0.2, -0.15) is 0 Å². The molecule has 1 heterocycles. The lowest BCUT2D eigenvalue weighted by molar-refractivity contribution is 0.131. The monoisotopic (exact) mass is 317 g/mol. The lowest BCUT2D eigenvalue weighted by Gasteiger charge is -2.36. The molecule has 126 valence electrons. The number of benzene rings is 1. The molecule has 1 N–H and O–H groups in total. The number of ether oxygens (including phenoxy) is 1. The molecule has 3 rings (SSSR count). The molecule has 5 heteroatoms. The van der Waals surface area contributed by atoms with E-state index in [1.807, 2.05) is 29.2 Å². The highest BCUT2D eigenvalue weighted by Crippen LogP contribution is 2.25. The first-order chi connectivity index (χ1) is 11.3. The molecular weight excluding hydrogens is 290 g/mol. The molecule has 2 fully saturated rings. The van der Waals surface area contributed by atoms with Crippen molar-refractivity contribution in [1.29, 1.82) is 0 Å². The number of rotatable bonds is 4.